The number of amides is 1. The lowest BCUT2D eigenvalue weighted by Gasteiger charge is -2.06. The van der Waals surface area contributed by atoms with E-state index in [9.17, 15) is 4.79 Å². The fourth-order valence-electron chi connectivity index (χ4n) is 2.71. The molecule has 0 spiro atoms. The first-order valence-electron chi connectivity index (χ1n) is 8.35. The number of rotatable bonds is 5. The molecule has 0 atom stereocenters. The average molecular weight is 376 g/mol. The van der Waals surface area contributed by atoms with Crippen molar-refractivity contribution in [3.8, 4) is 11.5 Å². The Kier molecular flexibility index (Phi) is 4.71. The van der Waals surface area contributed by atoms with Crippen LogP contribution in [0.3, 0.4) is 0 Å². The smallest absolute Gasteiger partial charge is 0.252 e. The molecule has 4 heterocycles. The SMILES string of the molecule is Nc1nc(-c2ccccn2)nc2scc(C(=O)NCCc3ccncc3)c12. The van der Waals surface area contributed by atoms with Crippen molar-refractivity contribution < 1.29 is 4.79 Å². The molecule has 0 fully saturated rings. The molecule has 7 nitrogen and oxygen atoms in total. The maximum Gasteiger partial charge on any atom is 0.252 e. The van der Waals surface area contributed by atoms with E-state index >= 15 is 0 Å². The number of nitrogens with zero attached hydrogens (tertiary/aromatic N) is 4. The van der Waals surface area contributed by atoms with Crippen LogP contribution in [0, 0.1) is 0 Å². The van der Waals surface area contributed by atoms with E-state index in [4.69, 9.17) is 5.73 Å². The molecule has 3 N–H and O–H groups in total. The summed E-state index contributed by atoms with van der Waals surface area (Å²) in [5, 5.41) is 5.27. The van der Waals surface area contributed by atoms with E-state index in [-0.39, 0.29) is 11.7 Å². The van der Waals surface area contributed by atoms with Crippen molar-refractivity contribution in [1.82, 2.24) is 25.3 Å². The Morgan fingerprint density at radius 3 is 2.74 bits per heavy atom. The molecule has 8 heteroatoms. The van der Waals surface area contributed by atoms with Gasteiger partial charge in [0.25, 0.3) is 5.91 Å². The minimum Gasteiger partial charge on any atom is -0.383 e. The largest absolute Gasteiger partial charge is 0.383 e. The Labute approximate surface area is 159 Å². The van der Waals surface area contributed by atoms with Gasteiger partial charge in [-0.1, -0.05) is 6.07 Å². The molecule has 134 valence electrons. The van der Waals surface area contributed by atoms with E-state index < -0.39 is 0 Å². The van der Waals surface area contributed by atoms with Gasteiger partial charge in [-0.25, -0.2) is 9.97 Å². The number of nitrogens with two attached hydrogens (primary N) is 1. The van der Waals surface area contributed by atoms with Gasteiger partial charge in [0.1, 0.15) is 16.3 Å². The van der Waals surface area contributed by atoms with E-state index in [1.165, 1.54) is 11.3 Å². The molecule has 0 unspecified atom stereocenters. The van der Waals surface area contributed by atoms with Crippen LogP contribution in [0.25, 0.3) is 21.7 Å². The van der Waals surface area contributed by atoms with Crippen LogP contribution in [-0.2, 0) is 6.42 Å². The maximum atomic E-state index is 12.6. The molecule has 4 rings (SSSR count). The van der Waals surface area contributed by atoms with Gasteiger partial charge in [0, 0.05) is 30.5 Å². The Hall–Kier alpha value is -3.39. The summed E-state index contributed by atoms with van der Waals surface area (Å²) in [7, 11) is 0. The zero-order valence-electron chi connectivity index (χ0n) is 14.3. The van der Waals surface area contributed by atoms with Gasteiger partial charge in [-0.2, -0.15) is 0 Å². The fourth-order valence-corrected chi connectivity index (χ4v) is 3.64. The molecule has 0 aromatic carbocycles. The van der Waals surface area contributed by atoms with Crippen molar-refractivity contribution in [1.29, 1.82) is 0 Å². The van der Waals surface area contributed by atoms with Crippen molar-refractivity contribution in [3.63, 3.8) is 0 Å². The molecule has 0 saturated carbocycles. The molecule has 1 amide bonds. The summed E-state index contributed by atoms with van der Waals surface area (Å²) in [6.45, 7) is 0.521. The Morgan fingerprint density at radius 1 is 1.11 bits per heavy atom. The molecule has 4 aromatic rings. The number of thiophene rings is 1. The molecular weight excluding hydrogens is 360 g/mol. The van der Waals surface area contributed by atoms with Gasteiger partial charge in [-0.15, -0.1) is 11.3 Å². The van der Waals surface area contributed by atoms with Gasteiger partial charge in [0.2, 0.25) is 0 Å². The zero-order chi connectivity index (χ0) is 18.6. The first-order chi connectivity index (χ1) is 13.2. The number of aromatic nitrogens is 4. The molecular formula is C19H16N6OS. The second-order valence-corrected chi connectivity index (χ2v) is 6.70. The average Bonchev–Trinajstić information content (AvgIpc) is 3.14. The van der Waals surface area contributed by atoms with Crippen LogP contribution in [0.4, 0.5) is 5.82 Å². The first kappa shape index (κ1) is 17.0. The summed E-state index contributed by atoms with van der Waals surface area (Å²) in [4.78, 5) is 30.3. The molecule has 4 aromatic heterocycles. The molecule has 0 radical (unpaired) electrons. The monoisotopic (exact) mass is 376 g/mol. The van der Waals surface area contributed by atoms with Gasteiger partial charge >= 0.3 is 0 Å². The normalized spacial score (nSPS) is 10.8. The number of hydrogen-bond acceptors (Lipinski definition) is 7. The highest BCUT2D eigenvalue weighted by Gasteiger charge is 2.18. The summed E-state index contributed by atoms with van der Waals surface area (Å²) in [6.07, 6.45) is 5.88. The van der Waals surface area contributed by atoms with Crippen molar-refractivity contribution in [2.24, 2.45) is 0 Å². The molecule has 27 heavy (non-hydrogen) atoms. The lowest BCUT2D eigenvalue weighted by Crippen LogP contribution is -2.25. The highest BCUT2D eigenvalue weighted by Crippen LogP contribution is 2.30. The molecule has 0 aliphatic rings. The third-order valence-electron chi connectivity index (χ3n) is 4.05. The van der Waals surface area contributed by atoms with Crippen molar-refractivity contribution in [2.75, 3.05) is 12.3 Å². The lowest BCUT2D eigenvalue weighted by molar-refractivity contribution is 0.0956. The third kappa shape index (κ3) is 3.61. The predicted molar refractivity (Wildman–Crippen MR) is 105 cm³/mol. The number of hydrogen-bond donors (Lipinski definition) is 2. The number of fused-ring (bicyclic) bond motifs is 1. The van der Waals surface area contributed by atoms with Crippen molar-refractivity contribution in [3.05, 3.63) is 65.4 Å². The van der Waals surface area contributed by atoms with Crippen LogP contribution in [0.15, 0.2) is 54.3 Å². The van der Waals surface area contributed by atoms with Crippen LogP contribution in [0.2, 0.25) is 0 Å². The van der Waals surface area contributed by atoms with Gasteiger partial charge in [-0.05, 0) is 36.2 Å². The van der Waals surface area contributed by atoms with Crippen molar-refractivity contribution in [2.45, 2.75) is 6.42 Å². The summed E-state index contributed by atoms with van der Waals surface area (Å²) >= 11 is 1.37. The van der Waals surface area contributed by atoms with Gasteiger partial charge < -0.3 is 11.1 Å². The number of nitrogens with one attached hydrogen (secondary N) is 1. The van der Waals surface area contributed by atoms with Crippen molar-refractivity contribution >= 4 is 33.3 Å². The van der Waals surface area contributed by atoms with Crippen LogP contribution < -0.4 is 11.1 Å². The number of carbonyl (C=O) groups is 1. The van der Waals surface area contributed by atoms with Crippen LogP contribution in [0.5, 0.6) is 0 Å². The Morgan fingerprint density at radius 2 is 1.96 bits per heavy atom. The quantitative estimate of drug-likeness (QED) is 0.555. The molecule has 0 aliphatic carbocycles. The Bertz CT molecular complexity index is 1080. The molecule has 0 aliphatic heterocycles. The minimum atomic E-state index is -0.184. The highest BCUT2D eigenvalue weighted by molar-refractivity contribution is 7.17. The second kappa shape index (κ2) is 7.46. The third-order valence-corrected chi connectivity index (χ3v) is 4.92. The van der Waals surface area contributed by atoms with E-state index in [1.807, 2.05) is 30.3 Å². The first-order valence-corrected chi connectivity index (χ1v) is 9.23. The summed E-state index contributed by atoms with van der Waals surface area (Å²) in [6, 6.07) is 9.36. The van der Waals surface area contributed by atoms with E-state index in [2.05, 4.69) is 25.3 Å². The van der Waals surface area contributed by atoms with Gasteiger partial charge in [-0.3, -0.25) is 14.8 Å². The van der Waals surface area contributed by atoms with Crippen LogP contribution >= 0.6 is 11.3 Å². The van der Waals surface area contributed by atoms with Crippen LogP contribution in [0.1, 0.15) is 15.9 Å². The molecule has 0 saturated heterocycles. The van der Waals surface area contributed by atoms with Crippen LogP contribution in [-0.4, -0.2) is 32.4 Å². The fraction of sp³-hybridized carbons (Fsp3) is 0.105. The highest BCUT2D eigenvalue weighted by atomic mass is 32.1. The lowest BCUT2D eigenvalue weighted by atomic mass is 10.2. The van der Waals surface area contributed by atoms with Gasteiger partial charge in [0.15, 0.2) is 5.82 Å². The topological polar surface area (TPSA) is 107 Å². The number of pyridine rings is 2. The Balaban J connectivity index is 1.55. The summed E-state index contributed by atoms with van der Waals surface area (Å²) in [5.41, 5.74) is 8.39. The summed E-state index contributed by atoms with van der Waals surface area (Å²) in [5.74, 6) is 0.546. The molecule has 0 bridgehead atoms. The zero-order valence-corrected chi connectivity index (χ0v) is 15.1. The van der Waals surface area contributed by atoms with E-state index in [0.717, 1.165) is 12.0 Å². The predicted octanol–water partition coefficient (Wildman–Crippen LogP) is 2.70. The maximum absolute atomic E-state index is 12.6. The second-order valence-electron chi connectivity index (χ2n) is 5.84. The number of carbonyl (C=O) groups excluding carboxylic acids is 1. The van der Waals surface area contributed by atoms with E-state index in [1.54, 1.807) is 24.0 Å². The standard InChI is InChI=1S/C19H16N6OS/c20-16-15-13(18(26)23-10-6-12-4-8-21-9-5-12)11-27-19(15)25-17(24-16)14-3-1-2-7-22-14/h1-5,7-9,11H,6,10H2,(H,23,26)(H2,20,24,25). The summed E-state index contributed by atoms with van der Waals surface area (Å²) < 4.78 is 0. The van der Waals surface area contributed by atoms with Gasteiger partial charge in [0.05, 0.1) is 10.9 Å². The number of anilines is 1. The van der Waals surface area contributed by atoms with E-state index in [0.29, 0.717) is 33.8 Å². The number of nitrogen functional groups attached to an aromatic ring is 1. The minimum absolute atomic E-state index is 0.184.